The lowest BCUT2D eigenvalue weighted by atomic mass is 9.97. The first-order chi connectivity index (χ1) is 8.56. The molecule has 2 heterocycles. The summed E-state index contributed by atoms with van der Waals surface area (Å²) in [7, 11) is 0. The summed E-state index contributed by atoms with van der Waals surface area (Å²) in [5.41, 5.74) is 7.74. The van der Waals surface area contributed by atoms with Crippen molar-refractivity contribution in [1.29, 1.82) is 0 Å². The van der Waals surface area contributed by atoms with Crippen LogP contribution in [0.5, 0.6) is 0 Å². The molecule has 0 spiro atoms. The molecular formula is C14H17N3S. The molecule has 0 amide bonds. The molecule has 0 saturated heterocycles. The summed E-state index contributed by atoms with van der Waals surface area (Å²) in [5, 5.41) is 0. The summed E-state index contributed by atoms with van der Waals surface area (Å²) in [5.74, 6) is 1.11. The maximum Gasteiger partial charge on any atom is 0.214 e. The highest BCUT2D eigenvalue weighted by Gasteiger charge is 2.17. The molecule has 0 unspecified atom stereocenters. The SMILES string of the molecule is CCc1nsc2nc3c(C)c(C)c(C)c(C)c3n12. The molecule has 3 rings (SSSR count). The van der Waals surface area contributed by atoms with Crippen molar-refractivity contribution < 1.29 is 0 Å². The van der Waals surface area contributed by atoms with Crippen molar-refractivity contribution in [2.45, 2.75) is 41.0 Å². The molecule has 3 nitrogen and oxygen atoms in total. The van der Waals surface area contributed by atoms with Crippen LogP contribution in [-0.4, -0.2) is 13.8 Å². The largest absolute Gasteiger partial charge is 0.269 e. The Labute approximate surface area is 111 Å². The van der Waals surface area contributed by atoms with Gasteiger partial charge in [0.05, 0.1) is 11.0 Å². The average Bonchev–Trinajstić information content (AvgIpc) is 2.91. The van der Waals surface area contributed by atoms with Crippen LogP contribution in [0.4, 0.5) is 0 Å². The maximum absolute atomic E-state index is 4.77. The van der Waals surface area contributed by atoms with Crippen LogP contribution in [0, 0.1) is 27.7 Å². The summed E-state index contributed by atoms with van der Waals surface area (Å²) < 4.78 is 6.72. The zero-order valence-electron chi connectivity index (χ0n) is 11.5. The fourth-order valence-electron chi connectivity index (χ4n) is 2.58. The van der Waals surface area contributed by atoms with Crippen molar-refractivity contribution >= 4 is 27.5 Å². The number of imidazole rings is 1. The molecule has 0 bridgehead atoms. The number of rotatable bonds is 1. The molecule has 4 heteroatoms. The van der Waals surface area contributed by atoms with Crippen molar-refractivity contribution in [2.75, 3.05) is 0 Å². The van der Waals surface area contributed by atoms with E-state index in [0.29, 0.717) is 0 Å². The summed E-state index contributed by atoms with van der Waals surface area (Å²) in [6, 6.07) is 0. The van der Waals surface area contributed by atoms with Crippen LogP contribution < -0.4 is 0 Å². The van der Waals surface area contributed by atoms with Crippen LogP contribution >= 0.6 is 11.5 Å². The number of benzene rings is 1. The molecule has 0 fully saturated rings. The highest BCUT2D eigenvalue weighted by atomic mass is 32.1. The molecule has 0 aliphatic heterocycles. The Kier molecular flexibility index (Phi) is 2.45. The molecule has 3 aromatic rings. The Morgan fingerprint density at radius 2 is 1.67 bits per heavy atom. The topological polar surface area (TPSA) is 30.2 Å². The van der Waals surface area contributed by atoms with E-state index in [1.165, 1.54) is 39.3 Å². The highest BCUT2D eigenvalue weighted by Crippen LogP contribution is 2.31. The fraction of sp³-hybridized carbons (Fsp3) is 0.429. The molecule has 0 atom stereocenters. The van der Waals surface area contributed by atoms with Crippen LogP contribution in [0.1, 0.15) is 35.0 Å². The lowest BCUT2D eigenvalue weighted by Crippen LogP contribution is -1.97. The van der Waals surface area contributed by atoms with Crippen molar-refractivity contribution in [3.8, 4) is 0 Å². The van der Waals surface area contributed by atoms with E-state index in [9.17, 15) is 0 Å². The number of aromatic nitrogens is 3. The molecule has 0 aliphatic carbocycles. The normalized spacial score (nSPS) is 11.8. The Balaban J connectivity index is 2.62. The van der Waals surface area contributed by atoms with Crippen LogP contribution in [0.25, 0.3) is 16.0 Å². The van der Waals surface area contributed by atoms with Gasteiger partial charge in [0, 0.05) is 18.0 Å². The lowest BCUT2D eigenvalue weighted by Gasteiger charge is -2.10. The van der Waals surface area contributed by atoms with Crippen LogP contribution in [0.3, 0.4) is 0 Å². The van der Waals surface area contributed by atoms with Crippen LogP contribution in [-0.2, 0) is 6.42 Å². The van der Waals surface area contributed by atoms with Gasteiger partial charge in [-0.2, -0.15) is 4.37 Å². The molecule has 0 N–H and O–H groups in total. The van der Waals surface area contributed by atoms with E-state index >= 15 is 0 Å². The number of hydrogen-bond acceptors (Lipinski definition) is 3. The summed E-state index contributed by atoms with van der Waals surface area (Å²) in [6.07, 6.45) is 0.941. The predicted molar refractivity (Wildman–Crippen MR) is 76.7 cm³/mol. The highest BCUT2D eigenvalue weighted by molar-refractivity contribution is 7.11. The second-order valence-corrected chi connectivity index (χ2v) is 5.61. The van der Waals surface area contributed by atoms with E-state index in [4.69, 9.17) is 4.98 Å². The monoisotopic (exact) mass is 259 g/mol. The van der Waals surface area contributed by atoms with Crippen molar-refractivity contribution in [1.82, 2.24) is 13.8 Å². The molecule has 0 radical (unpaired) electrons. The molecule has 1 aromatic carbocycles. The zero-order chi connectivity index (χ0) is 13.0. The van der Waals surface area contributed by atoms with Crippen LogP contribution in [0.15, 0.2) is 0 Å². The van der Waals surface area contributed by atoms with Gasteiger partial charge in [-0.05, 0) is 49.9 Å². The van der Waals surface area contributed by atoms with Crippen LogP contribution in [0.2, 0.25) is 0 Å². The zero-order valence-corrected chi connectivity index (χ0v) is 12.3. The minimum atomic E-state index is 0.941. The minimum absolute atomic E-state index is 0.941. The lowest BCUT2D eigenvalue weighted by molar-refractivity contribution is 0.961. The first-order valence-corrected chi connectivity index (χ1v) is 7.06. The van der Waals surface area contributed by atoms with Gasteiger partial charge in [-0.3, -0.25) is 4.40 Å². The van der Waals surface area contributed by atoms with E-state index in [2.05, 4.69) is 43.4 Å². The van der Waals surface area contributed by atoms with Crippen molar-refractivity contribution in [3.63, 3.8) is 0 Å². The Morgan fingerprint density at radius 1 is 1.00 bits per heavy atom. The van der Waals surface area contributed by atoms with Crippen molar-refractivity contribution in [3.05, 3.63) is 28.1 Å². The van der Waals surface area contributed by atoms with Gasteiger partial charge in [0.2, 0.25) is 4.96 Å². The second-order valence-electron chi connectivity index (χ2n) is 4.88. The average molecular weight is 259 g/mol. The molecular weight excluding hydrogens is 242 g/mol. The quantitative estimate of drug-likeness (QED) is 0.666. The summed E-state index contributed by atoms with van der Waals surface area (Å²) in [4.78, 5) is 5.78. The smallest absolute Gasteiger partial charge is 0.214 e. The van der Waals surface area contributed by atoms with Gasteiger partial charge in [-0.25, -0.2) is 4.98 Å². The van der Waals surface area contributed by atoms with E-state index in [1.807, 2.05) is 0 Å². The Bertz CT molecular complexity index is 765. The Hall–Kier alpha value is -1.42. The van der Waals surface area contributed by atoms with E-state index in [0.717, 1.165) is 22.7 Å². The molecule has 18 heavy (non-hydrogen) atoms. The summed E-state index contributed by atoms with van der Waals surface area (Å²) in [6.45, 7) is 10.9. The first-order valence-electron chi connectivity index (χ1n) is 6.29. The standard InChI is InChI=1S/C14H17N3S/c1-6-11-16-18-14-15-12-9(4)7(2)8(3)10(5)13(12)17(11)14/h6H2,1-5H3. The van der Waals surface area contributed by atoms with Crippen molar-refractivity contribution in [2.24, 2.45) is 0 Å². The third kappa shape index (κ3) is 1.29. The third-order valence-electron chi connectivity index (χ3n) is 4.05. The molecule has 2 aromatic heterocycles. The van der Waals surface area contributed by atoms with Gasteiger partial charge in [0.1, 0.15) is 5.82 Å². The van der Waals surface area contributed by atoms with Gasteiger partial charge >= 0.3 is 0 Å². The first kappa shape index (κ1) is 11.7. The predicted octanol–water partition coefficient (Wildman–Crippen LogP) is 3.74. The number of fused-ring (bicyclic) bond motifs is 3. The van der Waals surface area contributed by atoms with Gasteiger partial charge in [-0.15, -0.1) is 0 Å². The minimum Gasteiger partial charge on any atom is -0.269 e. The van der Waals surface area contributed by atoms with Gasteiger partial charge in [0.25, 0.3) is 0 Å². The van der Waals surface area contributed by atoms with E-state index < -0.39 is 0 Å². The van der Waals surface area contributed by atoms with E-state index in [-0.39, 0.29) is 0 Å². The second kappa shape index (κ2) is 3.79. The molecule has 0 aliphatic rings. The fourth-order valence-corrected chi connectivity index (χ4v) is 3.39. The van der Waals surface area contributed by atoms with Gasteiger partial charge in [-0.1, -0.05) is 6.92 Å². The third-order valence-corrected chi connectivity index (χ3v) is 4.79. The van der Waals surface area contributed by atoms with Gasteiger partial charge in [0.15, 0.2) is 0 Å². The molecule has 0 saturated carbocycles. The maximum atomic E-state index is 4.77. The molecule has 94 valence electrons. The number of aryl methyl sites for hydroxylation is 3. The van der Waals surface area contributed by atoms with Gasteiger partial charge < -0.3 is 0 Å². The number of nitrogens with zero attached hydrogens (tertiary/aromatic N) is 3. The summed E-state index contributed by atoms with van der Waals surface area (Å²) >= 11 is 1.50. The van der Waals surface area contributed by atoms with E-state index in [1.54, 1.807) is 0 Å². The number of hydrogen-bond donors (Lipinski definition) is 0. The Morgan fingerprint density at radius 3 is 2.33 bits per heavy atom.